The summed E-state index contributed by atoms with van der Waals surface area (Å²) in [6.07, 6.45) is 1.58. The Morgan fingerprint density at radius 1 is 1.42 bits per heavy atom. The molecule has 0 saturated heterocycles. The van der Waals surface area contributed by atoms with Gasteiger partial charge in [-0.3, -0.25) is 9.78 Å². The van der Waals surface area contributed by atoms with Crippen LogP contribution in [0.4, 0.5) is 0 Å². The topological polar surface area (TPSA) is 92.7 Å². The van der Waals surface area contributed by atoms with E-state index in [9.17, 15) is 8.42 Å². The maximum Gasteiger partial charge on any atom is 0.244 e. The van der Waals surface area contributed by atoms with E-state index in [0.717, 1.165) is 0 Å². The Morgan fingerprint density at radius 3 is 2.58 bits per heavy atom. The van der Waals surface area contributed by atoms with Crippen molar-refractivity contribution in [3.05, 3.63) is 29.3 Å². The van der Waals surface area contributed by atoms with E-state index in [1.165, 1.54) is 0 Å². The van der Waals surface area contributed by atoms with Crippen LogP contribution >= 0.6 is 0 Å². The lowest BCUT2D eigenvalue weighted by molar-refractivity contribution is 0.562. The maximum absolute atomic E-state index is 12.4. The highest BCUT2D eigenvalue weighted by Gasteiger charge is 2.26. The number of rotatable bonds is 4. The SMILES string of the molecule is Cc1nn(C)c(C)c1S(=O)(=O)NC(C)c1ccn[nH]1. The van der Waals surface area contributed by atoms with Gasteiger partial charge in [0.05, 0.1) is 23.1 Å². The van der Waals surface area contributed by atoms with Gasteiger partial charge < -0.3 is 0 Å². The Morgan fingerprint density at radius 2 is 2.11 bits per heavy atom. The van der Waals surface area contributed by atoms with Crippen LogP contribution in [-0.4, -0.2) is 28.4 Å². The predicted molar refractivity (Wildman–Crippen MR) is 70.0 cm³/mol. The first kappa shape index (κ1) is 13.8. The first-order chi connectivity index (χ1) is 8.83. The summed E-state index contributed by atoms with van der Waals surface area (Å²) in [5.74, 6) is 0. The molecule has 2 aromatic heterocycles. The van der Waals surface area contributed by atoms with Crippen LogP contribution in [0.3, 0.4) is 0 Å². The lowest BCUT2D eigenvalue weighted by atomic mass is 10.3. The van der Waals surface area contributed by atoms with Gasteiger partial charge in [0.15, 0.2) is 0 Å². The van der Waals surface area contributed by atoms with Crippen LogP contribution in [0.2, 0.25) is 0 Å². The van der Waals surface area contributed by atoms with Crippen LogP contribution in [0.15, 0.2) is 17.2 Å². The molecule has 19 heavy (non-hydrogen) atoms. The molecule has 7 nitrogen and oxygen atoms in total. The zero-order valence-corrected chi connectivity index (χ0v) is 12.1. The molecule has 8 heteroatoms. The van der Waals surface area contributed by atoms with Crippen molar-refractivity contribution in [1.82, 2.24) is 24.7 Å². The van der Waals surface area contributed by atoms with Gasteiger partial charge in [-0.15, -0.1) is 0 Å². The molecule has 0 aliphatic rings. The number of aryl methyl sites for hydroxylation is 2. The molecule has 2 aromatic rings. The average Bonchev–Trinajstić information content (AvgIpc) is 2.87. The van der Waals surface area contributed by atoms with E-state index in [2.05, 4.69) is 20.0 Å². The van der Waals surface area contributed by atoms with E-state index in [1.807, 2.05) is 0 Å². The fourth-order valence-electron chi connectivity index (χ4n) is 2.01. The van der Waals surface area contributed by atoms with Crippen LogP contribution in [0.5, 0.6) is 0 Å². The molecule has 0 amide bonds. The highest BCUT2D eigenvalue weighted by Crippen LogP contribution is 2.21. The van der Waals surface area contributed by atoms with Crippen molar-refractivity contribution in [3.8, 4) is 0 Å². The normalized spacial score (nSPS) is 13.7. The zero-order chi connectivity index (χ0) is 14.2. The highest BCUT2D eigenvalue weighted by molar-refractivity contribution is 7.89. The van der Waals surface area contributed by atoms with Gasteiger partial charge in [-0.1, -0.05) is 0 Å². The van der Waals surface area contributed by atoms with Crippen molar-refractivity contribution >= 4 is 10.0 Å². The van der Waals surface area contributed by atoms with Crippen LogP contribution in [0.1, 0.15) is 30.0 Å². The number of hydrogen-bond donors (Lipinski definition) is 2. The van der Waals surface area contributed by atoms with Gasteiger partial charge >= 0.3 is 0 Å². The molecule has 1 atom stereocenters. The Balaban J connectivity index is 2.33. The van der Waals surface area contributed by atoms with Gasteiger partial charge in [0, 0.05) is 13.2 Å². The third-order valence-electron chi connectivity index (χ3n) is 3.03. The third kappa shape index (κ3) is 2.54. The second-order valence-corrected chi connectivity index (χ2v) is 6.13. The van der Waals surface area contributed by atoms with Gasteiger partial charge in [0.25, 0.3) is 0 Å². The van der Waals surface area contributed by atoms with Crippen molar-refractivity contribution in [3.63, 3.8) is 0 Å². The Bertz CT molecular complexity index is 672. The lowest BCUT2D eigenvalue weighted by Gasteiger charge is -2.12. The molecule has 0 fully saturated rings. The highest BCUT2D eigenvalue weighted by atomic mass is 32.2. The summed E-state index contributed by atoms with van der Waals surface area (Å²) >= 11 is 0. The molecule has 2 N–H and O–H groups in total. The van der Waals surface area contributed by atoms with Gasteiger partial charge in [-0.05, 0) is 26.8 Å². The molecule has 104 valence electrons. The van der Waals surface area contributed by atoms with Crippen molar-refractivity contribution < 1.29 is 8.42 Å². The fourth-order valence-corrected chi connectivity index (χ4v) is 3.67. The molecule has 0 radical (unpaired) electrons. The molecule has 2 heterocycles. The van der Waals surface area contributed by atoms with Gasteiger partial charge in [-0.25, -0.2) is 13.1 Å². The third-order valence-corrected chi connectivity index (χ3v) is 4.82. The van der Waals surface area contributed by atoms with Gasteiger partial charge in [0.2, 0.25) is 10.0 Å². The summed E-state index contributed by atoms with van der Waals surface area (Å²) in [6.45, 7) is 5.17. The van der Waals surface area contributed by atoms with E-state index >= 15 is 0 Å². The van der Waals surface area contributed by atoms with Crippen LogP contribution in [0, 0.1) is 13.8 Å². The molecular weight excluding hydrogens is 266 g/mol. The molecule has 2 rings (SSSR count). The summed E-state index contributed by atoms with van der Waals surface area (Å²) < 4.78 is 29.0. The molecule has 0 aromatic carbocycles. The Kier molecular flexibility index (Phi) is 3.46. The standard InChI is InChI=1S/C11H17N5O2S/c1-7(10-5-6-12-13-10)15-19(17,18)11-8(2)14-16(4)9(11)3/h5-7,15H,1-4H3,(H,12,13). The van der Waals surface area contributed by atoms with Crippen LogP contribution in [-0.2, 0) is 17.1 Å². The van der Waals surface area contributed by atoms with Crippen molar-refractivity contribution in [2.75, 3.05) is 0 Å². The van der Waals surface area contributed by atoms with E-state index in [4.69, 9.17) is 0 Å². The number of H-pyrrole nitrogens is 1. The Hall–Kier alpha value is -1.67. The quantitative estimate of drug-likeness (QED) is 0.868. The molecule has 0 aliphatic carbocycles. The van der Waals surface area contributed by atoms with E-state index in [-0.39, 0.29) is 10.9 Å². The number of aromatic amines is 1. The van der Waals surface area contributed by atoms with Gasteiger partial charge in [0.1, 0.15) is 4.90 Å². The van der Waals surface area contributed by atoms with Crippen molar-refractivity contribution in [2.24, 2.45) is 7.05 Å². The summed E-state index contributed by atoms with van der Waals surface area (Å²) in [7, 11) is -1.89. The largest absolute Gasteiger partial charge is 0.281 e. The Labute approximate surface area is 112 Å². The molecular formula is C11H17N5O2S. The smallest absolute Gasteiger partial charge is 0.244 e. The molecule has 0 saturated carbocycles. The first-order valence-electron chi connectivity index (χ1n) is 5.84. The first-order valence-corrected chi connectivity index (χ1v) is 7.33. The number of aromatic nitrogens is 4. The van der Waals surface area contributed by atoms with E-state index < -0.39 is 10.0 Å². The molecule has 0 aliphatic heterocycles. The second-order valence-electron chi connectivity index (χ2n) is 4.48. The number of nitrogens with one attached hydrogen (secondary N) is 2. The van der Waals surface area contributed by atoms with E-state index in [1.54, 1.807) is 44.8 Å². The maximum atomic E-state index is 12.4. The molecule has 0 bridgehead atoms. The summed E-state index contributed by atoms with van der Waals surface area (Å²) in [6, 6.07) is 1.35. The number of sulfonamides is 1. The average molecular weight is 283 g/mol. The van der Waals surface area contributed by atoms with E-state index in [0.29, 0.717) is 17.1 Å². The summed E-state index contributed by atoms with van der Waals surface area (Å²) in [5.41, 5.74) is 1.81. The number of nitrogens with zero attached hydrogens (tertiary/aromatic N) is 3. The predicted octanol–water partition coefficient (Wildman–Crippen LogP) is 0.800. The minimum Gasteiger partial charge on any atom is -0.281 e. The van der Waals surface area contributed by atoms with Gasteiger partial charge in [-0.2, -0.15) is 10.2 Å². The summed E-state index contributed by atoms with van der Waals surface area (Å²) in [4.78, 5) is 0.237. The minimum absolute atomic E-state index is 0.237. The van der Waals surface area contributed by atoms with Crippen molar-refractivity contribution in [2.45, 2.75) is 31.7 Å². The second kappa shape index (κ2) is 4.78. The number of hydrogen-bond acceptors (Lipinski definition) is 4. The molecule has 0 spiro atoms. The lowest BCUT2D eigenvalue weighted by Crippen LogP contribution is -2.28. The molecule has 1 unspecified atom stereocenters. The summed E-state index contributed by atoms with van der Waals surface area (Å²) in [5, 5.41) is 10.7. The fraction of sp³-hybridized carbons (Fsp3) is 0.455. The monoisotopic (exact) mass is 283 g/mol. The van der Waals surface area contributed by atoms with Crippen LogP contribution in [0.25, 0.3) is 0 Å². The van der Waals surface area contributed by atoms with Crippen LogP contribution < -0.4 is 4.72 Å². The van der Waals surface area contributed by atoms with Crippen molar-refractivity contribution in [1.29, 1.82) is 0 Å². The minimum atomic E-state index is -3.61. The zero-order valence-electron chi connectivity index (χ0n) is 11.3.